The lowest BCUT2D eigenvalue weighted by molar-refractivity contribution is -0.139. The van der Waals surface area contributed by atoms with E-state index < -0.39 is 16.0 Å². The van der Waals surface area contributed by atoms with Crippen molar-refractivity contribution in [1.29, 1.82) is 0 Å². The Labute approximate surface area is 193 Å². The summed E-state index contributed by atoms with van der Waals surface area (Å²) < 4.78 is 38.9. The predicted molar refractivity (Wildman–Crippen MR) is 122 cm³/mol. The number of furan rings is 1. The Hall–Kier alpha value is -3.54. The van der Waals surface area contributed by atoms with Crippen LogP contribution in [0.1, 0.15) is 22.7 Å². The lowest BCUT2D eigenvalue weighted by Crippen LogP contribution is -2.22. The fourth-order valence-electron chi connectivity index (χ4n) is 2.95. The zero-order valence-corrected chi connectivity index (χ0v) is 19.1. The second-order valence-electron chi connectivity index (χ2n) is 6.99. The lowest BCUT2D eigenvalue weighted by atomic mass is 10.2. The van der Waals surface area contributed by atoms with Gasteiger partial charge in [-0.05, 0) is 42.8 Å². The van der Waals surface area contributed by atoms with E-state index in [9.17, 15) is 18.0 Å². The van der Waals surface area contributed by atoms with Crippen molar-refractivity contribution < 1.29 is 22.4 Å². The number of carbonyl (C=O) groups is 1. The molecule has 3 heterocycles. The van der Waals surface area contributed by atoms with Crippen LogP contribution in [0.3, 0.4) is 0 Å². The molecule has 11 heteroatoms. The first-order valence-electron chi connectivity index (χ1n) is 9.75. The molecule has 0 aliphatic rings. The van der Waals surface area contributed by atoms with Gasteiger partial charge in [0.05, 0.1) is 23.4 Å². The van der Waals surface area contributed by atoms with Gasteiger partial charge in [0.1, 0.15) is 12.4 Å². The Morgan fingerprint density at radius 3 is 2.79 bits per heavy atom. The molecule has 0 atom stereocenters. The molecular formula is C22H19N3O6S2. The van der Waals surface area contributed by atoms with Crippen molar-refractivity contribution in [3.8, 4) is 0 Å². The predicted octanol–water partition coefficient (Wildman–Crippen LogP) is 2.89. The smallest absolute Gasteiger partial charge is 0.331 e. The first-order valence-corrected chi connectivity index (χ1v) is 12.1. The van der Waals surface area contributed by atoms with E-state index in [-0.39, 0.29) is 23.6 Å². The van der Waals surface area contributed by atoms with E-state index in [4.69, 9.17) is 9.15 Å². The van der Waals surface area contributed by atoms with Crippen molar-refractivity contribution in [2.75, 3.05) is 0 Å². The number of ether oxygens (including phenoxy) is 1. The third-order valence-corrected chi connectivity index (χ3v) is 6.97. The number of sulfonamides is 1. The highest BCUT2D eigenvalue weighted by atomic mass is 32.2. The summed E-state index contributed by atoms with van der Waals surface area (Å²) in [5.74, 6) is -0.112. The fourth-order valence-corrected chi connectivity index (χ4v) is 4.84. The molecule has 1 N–H and O–H groups in total. The minimum absolute atomic E-state index is 0.0449. The molecule has 0 spiro atoms. The van der Waals surface area contributed by atoms with E-state index in [0.717, 1.165) is 5.69 Å². The monoisotopic (exact) mass is 485 g/mol. The first-order chi connectivity index (χ1) is 15.8. The van der Waals surface area contributed by atoms with Crippen molar-refractivity contribution in [2.45, 2.75) is 25.0 Å². The topological polar surface area (TPSA) is 120 Å². The summed E-state index contributed by atoms with van der Waals surface area (Å²) in [5.41, 5.74) is 1.55. The first kappa shape index (κ1) is 22.6. The number of aromatic nitrogens is 2. The van der Waals surface area contributed by atoms with Gasteiger partial charge in [-0.2, -0.15) is 0 Å². The second kappa shape index (κ2) is 9.53. The number of nitrogens with one attached hydrogen (secondary N) is 1. The molecular weight excluding hydrogens is 466 g/mol. The Morgan fingerprint density at radius 2 is 2.06 bits per heavy atom. The molecule has 33 heavy (non-hydrogen) atoms. The molecule has 3 aromatic heterocycles. The van der Waals surface area contributed by atoms with Crippen molar-refractivity contribution in [3.63, 3.8) is 0 Å². The van der Waals surface area contributed by atoms with Gasteiger partial charge >= 0.3 is 5.97 Å². The van der Waals surface area contributed by atoms with Crippen LogP contribution in [0.15, 0.2) is 74.3 Å². The number of hydrogen-bond acceptors (Lipinski definition) is 8. The standard InChI is InChI=1S/C22H19N3O6S2/c1-15-14-32-22-24-17(11-20(26)25(15)22)13-31-21(27)9-6-16-4-7-19(8-5-16)33(28,29)23-12-18-3-2-10-30-18/h2-11,14,23H,12-13H2,1H3/b9-6+. The molecule has 0 aliphatic carbocycles. The van der Waals surface area contributed by atoms with Gasteiger partial charge in [-0.3, -0.25) is 9.20 Å². The summed E-state index contributed by atoms with van der Waals surface area (Å²) >= 11 is 1.33. The number of benzene rings is 1. The normalized spacial score (nSPS) is 11.9. The Morgan fingerprint density at radius 1 is 1.27 bits per heavy atom. The highest BCUT2D eigenvalue weighted by Crippen LogP contribution is 2.14. The molecule has 0 fully saturated rings. The maximum Gasteiger partial charge on any atom is 0.331 e. The van der Waals surface area contributed by atoms with E-state index in [1.165, 1.54) is 52.4 Å². The van der Waals surface area contributed by atoms with E-state index >= 15 is 0 Å². The molecule has 4 aromatic rings. The maximum atomic E-state index is 12.4. The van der Waals surface area contributed by atoms with Crippen LogP contribution in [-0.4, -0.2) is 23.8 Å². The van der Waals surface area contributed by atoms with Gasteiger partial charge in [0, 0.05) is 23.2 Å². The zero-order chi connectivity index (χ0) is 23.4. The molecule has 0 amide bonds. The third-order valence-electron chi connectivity index (χ3n) is 4.61. The molecule has 1 aromatic carbocycles. The molecule has 0 bridgehead atoms. The van der Waals surface area contributed by atoms with Gasteiger partial charge in [-0.25, -0.2) is 22.9 Å². The summed E-state index contributed by atoms with van der Waals surface area (Å²) in [5, 5.41) is 1.83. The zero-order valence-electron chi connectivity index (χ0n) is 17.4. The number of rotatable bonds is 8. The van der Waals surface area contributed by atoms with Gasteiger partial charge in [0.25, 0.3) is 5.56 Å². The number of thiazole rings is 1. The van der Waals surface area contributed by atoms with Crippen LogP contribution < -0.4 is 10.3 Å². The third kappa shape index (κ3) is 5.45. The summed E-state index contributed by atoms with van der Waals surface area (Å²) in [7, 11) is -3.70. The highest BCUT2D eigenvalue weighted by molar-refractivity contribution is 7.89. The highest BCUT2D eigenvalue weighted by Gasteiger charge is 2.14. The number of fused-ring (bicyclic) bond motifs is 1. The van der Waals surface area contributed by atoms with E-state index in [1.807, 2.05) is 12.3 Å². The number of hydrogen-bond donors (Lipinski definition) is 1. The van der Waals surface area contributed by atoms with Crippen LogP contribution in [0.25, 0.3) is 11.0 Å². The molecule has 0 aliphatic heterocycles. The van der Waals surface area contributed by atoms with Crippen LogP contribution in [0.2, 0.25) is 0 Å². The number of nitrogens with zero attached hydrogens (tertiary/aromatic N) is 2. The van der Waals surface area contributed by atoms with Gasteiger partial charge in [-0.15, -0.1) is 11.3 Å². The van der Waals surface area contributed by atoms with Crippen molar-refractivity contribution in [1.82, 2.24) is 14.1 Å². The second-order valence-corrected chi connectivity index (χ2v) is 9.60. The quantitative estimate of drug-likeness (QED) is 0.301. The Kier molecular flexibility index (Phi) is 6.54. The average Bonchev–Trinajstić information content (AvgIpc) is 3.45. The minimum Gasteiger partial charge on any atom is -0.468 e. The summed E-state index contributed by atoms with van der Waals surface area (Å²) in [6.45, 7) is 1.73. The molecule has 170 valence electrons. The van der Waals surface area contributed by atoms with Crippen molar-refractivity contribution >= 4 is 38.4 Å². The SMILES string of the molecule is Cc1csc2nc(COC(=O)/C=C/c3ccc(S(=O)(=O)NCc4ccco4)cc3)cc(=O)n12. The molecule has 0 radical (unpaired) electrons. The molecule has 0 saturated heterocycles. The van der Waals surface area contributed by atoms with E-state index in [1.54, 1.807) is 24.3 Å². The minimum atomic E-state index is -3.70. The van der Waals surface area contributed by atoms with Gasteiger partial charge < -0.3 is 9.15 Å². The molecule has 4 rings (SSSR count). The van der Waals surface area contributed by atoms with Gasteiger partial charge in [-0.1, -0.05) is 12.1 Å². The summed E-state index contributed by atoms with van der Waals surface area (Å²) in [4.78, 5) is 29.1. The molecule has 0 unspecified atom stereocenters. The molecule has 9 nitrogen and oxygen atoms in total. The number of aryl methyl sites for hydroxylation is 1. The lowest BCUT2D eigenvalue weighted by Gasteiger charge is -2.05. The van der Waals surface area contributed by atoms with Crippen LogP contribution in [-0.2, 0) is 32.7 Å². The van der Waals surface area contributed by atoms with Crippen molar-refractivity contribution in [3.05, 3.63) is 93.2 Å². The fraction of sp³-hybridized carbons (Fsp3) is 0.136. The van der Waals surface area contributed by atoms with Crippen LogP contribution in [0, 0.1) is 6.92 Å². The van der Waals surface area contributed by atoms with Crippen LogP contribution >= 0.6 is 11.3 Å². The van der Waals surface area contributed by atoms with Crippen molar-refractivity contribution in [2.24, 2.45) is 0 Å². The Balaban J connectivity index is 1.34. The van der Waals surface area contributed by atoms with Gasteiger partial charge in [0.2, 0.25) is 10.0 Å². The van der Waals surface area contributed by atoms with E-state index in [2.05, 4.69) is 9.71 Å². The molecule has 0 saturated carbocycles. The largest absolute Gasteiger partial charge is 0.468 e. The number of esters is 1. The Bertz CT molecular complexity index is 1470. The summed E-state index contributed by atoms with van der Waals surface area (Å²) in [6.07, 6.45) is 4.19. The van der Waals surface area contributed by atoms with Crippen LogP contribution in [0.4, 0.5) is 0 Å². The van der Waals surface area contributed by atoms with E-state index in [0.29, 0.717) is 22.0 Å². The maximum absolute atomic E-state index is 12.4. The average molecular weight is 486 g/mol. The number of carbonyl (C=O) groups excluding carboxylic acids is 1. The van der Waals surface area contributed by atoms with Gasteiger partial charge in [0.15, 0.2) is 4.96 Å². The summed E-state index contributed by atoms with van der Waals surface area (Å²) in [6, 6.07) is 10.7. The van der Waals surface area contributed by atoms with Crippen LogP contribution in [0.5, 0.6) is 0 Å².